The summed E-state index contributed by atoms with van der Waals surface area (Å²) in [6, 6.07) is 69.2. The van der Waals surface area contributed by atoms with Gasteiger partial charge in [-0.2, -0.15) is 0 Å². The highest BCUT2D eigenvalue weighted by molar-refractivity contribution is 6.19. The average molecular weight is 661 g/mol. The minimum atomic E-state index is 0.708. The Kier molecular flexibility index (Phi) is 7.18. The maximum Gasteiger partial charge on any atom is 0.161 e. The Bertz CT molecular complexity index is 2960. The van der Waals surface area contributed by atoms with Crippen LogP contribution in [0.3, 0.4) is 0 Å². The van der Waals surface area contributed by atoms with Crippen LogP contribution >= 0.6 is 0 Å². The molecule has 0 unspecified atom stereocenters. The third kappa shape index (κ3) is 5.04. The molecule has 0 spiro atoms. The fraction of sp³-hybridized carbons (Fsp3) is 0. The zero-order chi connectivity index (χ0) is 34.4. The number of hydrogen-bond acceptors (Lipinski definition) is 2. The van der Waals surface area contributed by atoms with Gasteiger partial charge in [0.2, 0.25) is 0 Å². The fourth-order valence-corrected chi connectivity index (χ4v) is 7.87. The van der Waals surface area contributed by atoms with Crippen LogP contribution in [0.15, 0.2) is 194 Å². The molecule has 0 saturated carbocycles. The van der Waals surface area contributed by atoms with Crippen molar-refractivity contribution in [2.75, 3.05) is 0 Å². The molecule has 2 heteroatoms. The van der Waals surface area contributed by atoms with Gasteiger partial charge in [-0.25, -0.2) is 9.97 Å². The van der Waals surface area contributed by atoms with Crippen molar-refractivity contribution in [2.45, 2.75) is 0 Å². The summed E-state index contributed by atoms with van der Waals surface area (Å²) in [5.41, 5.74) is 9.55. The Hall–Kier alpha value is -6.90. The molecule has 0 amide bonds. The predicted octanol–water partition coefficient (Wildman–Crippen LogP) is 13.4. The van der Waals surface area contributed by atoms with E-state index in [0.717, 1.165) is 60.9 Å². The summed E-state index contributed by atoms with van der Waals surface area (Å²) in [5, 5.41) is 9.50. The molecule has 0 fully saturated rings. The van der Waals surface area contributed by atoms with Crippen LogP contribution in [0.2, 0.25) is 0 Å². The van der Waals surface area contributed by atoms with Crippen molar-refractivity contribution in [3.8, 4) is 56.2 Å². The van der Waals surface area contributed by atoms with Gasteiger partial charge in [0, 0.05) is 16.7 Å². The van der Waals surface area contributed by atoms with E-state index >= 15 is 0 Å². The number of aromatic nitrogens is 2. The van der Waals surface area contributed by atoms with Gasteiger partial charge in [0.25, 0.3) is 0 Å². The SMILES string of the molecule is c1ccc(-c2ccccc2-c2cc(-c3ccccc3-c3cccc4ccccc34)nc(-c3c4ccccc4cc4c3ccc3ccccc34)n2)cc1. The molecule has 9 aromatic carbocycles. The van der Waals surface area contributed by atoms with Crippen molar-refractivity contribution in [2.24, 2.45) is 0 Å². The molecule has 0 N–H and O–H groups in total. The first kappa shape index (κ1) is 30.0. The Labute approximate surface area is 302 Å². The molecule has 0 atom stereocenters. The molecular weight excluding hydrogens is 629 g/mol. The molecule has 1 aromatic heterocycles. The normalized spacial score (nSPS) is 11.5. The third-order valence-electron chi connectivity index (χ3n) is 10.3. The molecule has 52 heavy (non-hydrogen) atoms. The number of nitrogens with zero attached hydrogens (tertiary/aromatic N) is 2. The van der Waals surface area contributed by atoms with Gasteiger partial charge in [0.15, 0.2) is 5.82 Å². The van der Waals surface area contributed by atoms with Crippen molar-refractivity contribution in [3.05, 3.63) is 194 Å². The monoisotopic (exact) mass is 660 g/mol. The topological polar surface area (TPSA) is 25.8 Å². The molecule has 0 bridgehead atoms. The third-order valence-corrected chi connectivity index (χ3v) is 10.3. The van der Waals surface area contributed by atoms with Crippen LogP contribution in [0, 0.1) is 0 Å². The average Bonchev–Trinajstić information content (AvgIpc) is 3.22. The molecule has 1 heterocycles. The van der Waals surface area contributed by atoms with E-state index in [1.54, 1.807) is 0 Å². The molecule has 10 rings (SSSR count). The number of rotatable bonds is 5. The van der Waals surface area contributed by atoms with Gasteiger partial charge >= 0.3 is 0 Å². The van der Waals surface area contributed by atoms with Crippen molar-refractivity contribution in [3.63, 3.8) is 0 Å². The standard InChI is InChI=1S/C50H32N2/c1-2-15-33(16-3-1)38-22-10-12-26-43(38)47-32-48(44-27-13-11-25-42(44)41-28-14-20-34-17-4-7-21-37(34)41)52-50(51-47)49-40-24-9-6-19-36(40)31-46-39-23-8-5-18-35(39)29-30-45(46)49/h1-32H. The quantitative estimate of drug-likeness (QED) is 0.136. The molecule has 0 aliphatic carbocycles. The van der Waals surface area contributed by atoms with E-state index in [4.69, 9.17) is 9.97 Å². The molecule has 2 nitrogen and oxygen atoms in total. The van der Waals surface area contributed by atoms with Gasteiger partial charge in [-0.3, -0.25) is 0 Å². The summed E-state index contributed by atoms with van der Waals surface area (Å²) in [6.45, 7) is 0. The van der Waals surface area contributed by atoms with Crippen LogP contribution in [0.25, 0.3) is 99.2 Å². The highest BCUT2D eigenvalue weighted by Gasteiger charge is 2.20. The Morgan fingerprint density at radius 2 is 0.788 bits per heavy atom. The summed E-state index contributed by atoms with van der Waals surface area (Å²) in [5.74, 6) is 0.708. The summed E-state index contributed by atoms with van der Waals surface area (Å²) in [6.07, 6.45) is 0. The summed E-state index contributed by atoms with van der Waals surface area (Å²) in [7, 11) is 0. The van der Waals surface area contributed by atoms with Crippen LogP contribution in [-0.4, -0.2) is 9.97 Å². The highest BCUT2D eigenvalue weighted by Crippen LogP contribution is 2.42. The van der Waals surface area contributed by atoms with E-state index < -0.39 is 0 Å². The van der Waals surface area contributed by atoms with E-state index in [2.05, 4.69) is 194 Å². The maximum absolute atomic E-state index is 5.54. The summed E-state index contributed by atoms with van der Waals surface area (Å²) >= 11 is 0. The lowest BCUT2D eigenvalue weighted by molar-refractivity contribution is 1.19. The lowest BCUT2D eigenvalue weighted by atomic mass is 9.91. The molecule has 0 aliphatic rings. The van der Waals surface area contributed by atoms with Gasteiger partial charge in [-0.15, -0.1) is 0 Å². The van der Waals surface area contributed by atoms with E-state index in [1.165, 1.54) is 32.5 Å². The largest absolute Gasteiger partial charge is 0.228 e. The minimum absolute atomic E-state index is 0.708. The van der Waals surface area contributed by atoms with Gasteiger partial charge in [-0.05, 0) is 77.5 Å². The lowest BCUT2D eigenvalue weighted by Gasteiger charge is -2.17. The molecule has 0 radical (unpaired) electrons. The van der Waals surface area contributed by atoms with Gasteiger partial charge in [0.1, 0.15) is 0 Å². The van der Waals surface area contributed by atoms with E-state index in [-0.39, 0.29) is 0 Å². The van der Waals surface area contributed by atoms with Crippen LogP contribution in [0.5, 0.6) is 0 Å². The number of benzene rings is 9. The Morgan fingerprint density at radius 3 is 1.54 bits per heavy atom. The first-order valence-corrected chi connectivity index (χ1v) is 17.8. The second kappa shape index (κ2) is 12.5. The van der Waals surface area contributed by atoms with Crippen LogP contribution in [-0.2, 0) is 0 Å². The second-order valence-electron chi connectivity index (χ2n) is 13.3. The van der Waals surface area contributed by atoms with Crippen molar-refractivity contribution in [1.82, 2.24) is 9.97 Å². The first-order valence-electron chi connectivity index (χ1n) is 17.8. The van der Waals surface area contributed by atoms with Crippen molar-refractivity contribution in [1.29, 1.82) is 0 Å². The summed E-state index contributed by atoms with van der Waals surface area (Å²) in [4.78, 5) is 11.0. The zero-order valence-electron chi connectivity index (χ0n) is 28.4. The van der Waals surface area contributed by atoms with E-state index in [1.807, 2.05) is 0 Å². The molecule has 10 aromatic rings. The smallest absolute Gasteiger partial charge is 0.161 e. The van der Waals surface area contributed by atoms with E-state index in [9.17, 15) is 0 Å². The van der Waals surface area contributed by atoms with Crippen LogP contribution in [0.4, 0.5) is 0 Å². The van der Waals surface area contributed by atoms with Gasteiger partial charge < -0.3 is 0 Å². The molecule has 0 aliphatic heterocycles. The van der Waals surface area contributed by atoms with Gasteiger partial charge in [-0.1, -0.05) is 182 Å². The van der Waals surface area contributed by atoms with Crippen molar-refractivity contribution >= 4 is 43.1 Å². The van der Waals surface area contributed by atoms with Crippen molar-refractivity contribution < 1.29 is 0 Å². The van der Waals surface area contributed by atoms with Gasteiger partial charge in [0.05, 0.1) is 11.4 Å². The van der Waals surface area contributed by atoms with E-state index in [0.29, 0.717) is 5.82 Å². The Morgan fingerprint density at radius 1 is 0.269 bits per heavy atom. The number of hydrogen-bond donors (Lipinski definition) is 0. The molecule has 0 saturated heterocycles. The Balaban J connectivity index is 1.31. The lowest BCUT2D eigenvalue weighted by Crippen LogP contribution is -1.99. The highest BCUT2D eigenvalue weighted by atomic mass is 14.9. The molecule has 242 valence electrons. The fourth-order valence-electron chi connectivity index (χ4n) is 7.87. The summed E-state index contributed by atoms with van der Waals surface area (Å²) < 4.78 is 0. The van der Waals surface area contributed by atoms with Crippen LogP contribution in [0.1, 0.15) is 0 Å². The number of fused-ring (bicyclic) bond motifs is 5. The second-order valence-corrected chi connectivity index (χ2v) is 13.3. The minimum Gasteiger partial charge on any atom is -0.228 e. The first-order chi connectivity index (χ1) is 25.8. The van der Waals surface area contributed by atoms with Crippen LogP contribution < -0.4 is 0 Å². The molecular formula is C50H32N2. The zero-order valence-corrected chi connectivity index (χ0v) is 28.4. The predicted molar refractivity (Wildman–Crippen MR) is 219 cm³/mol. The maximum atomic E-state index is 5.54.